The lowest BCUT2D eigenvalue weighted by Crippen LogP contribution is -2.26. The lowest BCUT2D eigenvalue weighted by Gasteiger charge is -2.06. The lowest BCUT2D eigenvalue weighted by atomic mass is 10.2. The molecule has 126 valence electrons. The molecule has 1 N–H and O–H groups in total. The number of benzene rings is 1. The van der Waals surface area contributed by atoms with Crippen LogP contribution in [0, 0.1) is 3.57 Å². The number of thiazole rings is 1. The molecule has 0 saturated heterocycles. The van der Waals surface area contributed by atoms with Crippen molar-refractivity contribution in [1.29, 1.82) is 0 Å². The van der Waals surface area contributed by atoms with Gasteiger partial charge >= 0.3 is 0 Å². The molecule has 0 unspecified atom stereocenters. The molecular weight excluding hydrogens is 467 g/mol. The van der Waals surface area contributed by atoms with E-state index in [1.54, 1.807) is 22.7 Å². The molecule has 0 aliphatic heterocycles. The third kappa shape index (κ3) is 3.46. The van der Waals surface area contributed by atoms with E-state index in [2.05, 4.69) is 38.0 Å². The number of fused-ring (bicyclic) bond motifs is 1. The van der Waals surface area contributed by atoms with Crippen LogP contribution in [0.25, 0.3) is 15.7 Å². The van der Waals surface area contributed by atoms with Crippen LogP contribution in [0.4, 0.5) is 0 Å². The molecule has 25 heavy (non-hydrogen) atoms. The molecule has 0 atom stereocenters. The van der Waals surface area contributed by atoms with Crippen LogP contribution in [0.3, 0.4) is 0 Å². The summed E-state index contributed by atoms with van der Waals surface area (Å²) in [6, 6.07) is 11.6. The molecule has 1 amide bonds. The molecule has 0 aliphatic carbocycles. The summed E-state index contributed by atoms with van der Waals surface area (Å²) in [5, 5.41) is 11.6. The van der Waals surface area contributed by atoms with Crippen LogP contribution < -0.4 is 5.32 Å². The van der Waals surface area contributed by atoms with E-state index in [-0.39, 0.29) is 5.91 Å². The summed E-state index contributed by atoms with van der Waals surface area (Å²) in [6.07, 6.45) is 0.711. The van der Waals surface area contributed by atoms with E-state index < -0.39 is 0 Å². The largest absolute Gasteiger partial charge is 0.352 e. The van der Waals surface area contributed by atoms with Crippen molar-refractivity contribution in [3.8, 4) is 10.7 Å². The third-order valence-corrected chi connectivity index (χ3v) is 6.35. The molecule has 0 spiro atoms. The van der Waals surface area contributed by atoms with Gasteiger partial charge in [-0.15, -0.1) is 27.8 Å². The predicted octanol–water partition coefficient (Wildman–Crippen LogP) is 4.10. The summed E-state index contributed by atoms with van der Waals surface area (Å²) in [5.41, 5.74) is 1.76. The van der Waals surface area contributed by atoms with Crippen LogP contribution in [-0.4, -0.2) is 27.0 Å². The van der Waals surface area contributed by atoms with E-state index in [0.29, 0.717) is 18.5 Å². The van der Waals surface area contributed by atoms with Crippen molar-refractivity contribution in [2.24, 2.45) is 0 Å². The fourth-order valence-corrected chi connectivity index (χ4v) is 4.59. The average Bonchev–Trinajstić information content (AvgIpc) is 3.32. The van der Waals surface area contributed by atoms with Gasteiger partial charge in [-0.3, -0.25) is 4.79 Å². The maximum atomic E-state index is 12.3. The Morgan fingerprint density at radius 2 is 2.08 bits per heavy atom. The Balaban J connectivity index is 1.45. The molecule has 0 aliphatic rings. The number of nitrogens with zero attached hydrogens (tertiary/aromatic N) is 3. The van der Waals surface area contributed by atoms with E-state index in [1.165, 1.54) is 0 Å². The van der Waals surface area contributed by atoms with Gasteiger partial charge in [0.25, 0.3) is 5.91 Å². The van der Waals surface area contributed by atoms with Gasteiger partial charge in [-0.1, -0.05) is 18.2 Å². The second-order valence-electron chi connectivity index (χ2n) is 5.32. The normalized spacial score (nSPS) is 11.1. The van der Waals surface area contributed by atoms with E-state index in [4.69, 9.17) is 0 Å². The van der Waals surface area contributed by atoms with Crippen molar-refractivity contribution >= 4 is 56.1 Å². The zero-order valence-electron chi connectivity index (χ0n) is 13.0. The van der Waals surface area contributed by atoms with E-state index in [0.717, 1.165) is 24.9 Å². The molecule has 1 aromatic carbocycles. The van der Waals surface area contributed by atoms with Crippen molar-refractivity contribution in [2.75, 3.05) is 6.54 Å². The minimum absolute atomic E-state index is 0.0469. The Hall–Kier alpha value is -1.78. The van der Waals surface area contributed by atoms with Crippen molar-refractivity contribution in [1.82, 2.24) is 19.9 Å². The molecule has 3 aromatic heterocycles. The number of halogens is 1. The summed E-state index contributed by atoms with van der Waals surface area (Å²) >= 11 is 5.38. The summed E-state index contributed by atoms with van der Waals surface area (Å²) in [4.78, 5) is 18.8. The Morgan fingerprint density at radius 3 is 2.88 bits per heavy atom. The number of thiophene rings is 1. The lowest BCUT2D eigenvalue weighted by molar-refractivity contribution is 0.0953. The first kappa shape index (κ1) is 16.7. The van der Waals surface area contributed by atoms with Gasteiger partial charge in [0.2, 0.25) is 4.96 Å². The third-order valence-electron chi connectivity index (χ3n) is 3.68. The van der Waals surface area contributed by atoms with Crippen LogP contribution in [0.2, 0.25) is 0 Å². The Morgan fingerprint density at radius 1 is 1.20 bits per heavy atom. The number of aromatic nitrogens is 3. The minimum atomic E-state index is -0.0469. The fourth-order valence-electron chi connectivity index (χ4n) is 2.45. The van der Waals surface area contributed by atoms with Crippen molar-refractivity contribution in [3.63, 3.8) is 0 Å². The zero-order chi connectivity index (χ0) is 17.2. The van der Waals surface area contributed by atoms with Crippen LogP contribution in [0.15, 0.2) is 47.2 Å². The molecule has 4 rings (SSSR count). The number of hydrogen-bond donors (Lipinski definition) is 1. The SMILES string of the molecule is O=C(NCCc1csc2nc(-c3cccs3)nn12)c1ccccc1I. The summed E-state index contributed by atoms with van der Waals surface area (Å²) in [6.45, 7) is 0.559. The second kappa shape index (κ2) is 7.22. The standard InChI is InChI=1S/C17H13IN4OS2/c18-13-5-2-1-4-12(13)16(23)19-8-7-11-10-25-17-20-15(21-22(11)17)14-6-3-9-24-14/h1-6,9-10H,7-8H2,(H,19,23). The molecule has 4 aromatic rings. The first-order valence-electron chi connectivity index (χ1n) is 7.62. The Bertz CT molecular complexity index is 1020. The van der Waals surface area contributed by atoms with Gasteiger partial charge in [0.1, 0.15) is 0 Å². The number of carbonyl (C=O) groups excluding carboxylic acids is 1. The van der Waals surface area contributed by atoms with E-state index >= 15 is 0 Å². The fraction of sp³-hybridized carbons (Fsp3) is 0.118. The van der Waals surface area contributed by atoms with E-state index in [1.807, 2.05) is 51.7 Å². The monoisotopic (exact) mass is 480 g/mol. The molecule has 3 heterocycles. The van der Waals surface area contributed by atoms with Gasteiger partial charge in [0.05, 0.1) is 16.1 Å². The van der Waals surface area contributed by atoms with Gasteiger partial charge in [-0.05, 0) is 46.2 Å². The molecule has 5 nitrogen and oxygen atoms in total. The topological polar surface area (TPSA) is 59.3 Å². The number of hydrogen-bond acceptors (Lipinski definition) is 5. The highest BCUT2D eigenvalue weighted by atomic mass is 127. The van der Waals surface area contributed by atoms with Crippen LogP contribution in [0.1, 0.15) is 16.1 Å². The van der Waals surface area contributed by atoms with Crippen LogP contribution >= 0.6 is 45.3 Å². The van der Waals surface area contributed by atoms with Crippen LogP contribution in [0.5, 0.6) is 0 Å². The number of nitrogens with one attached hydrogen (secondary N) is 1. The minimum Gasteiger partial charge on any atom is -0.352 e. The van der Waals surface area contributed by atoms with Gasteiger partial charge in [0.15, 0.2) is 5.82 Å². The predicted molar refractivity (Wildman–Crippen MR) is 109 cm³/mol. The van der Waals surface area contributed by atoms with Crippen molar-refractivity contribution in [2.45, 2.75) is 6.42 Å². The second-order valence-corrected chi connectivity index (χ2v) is 8.27. The summed E-state index contributed by atoms with van der Waals surface area (Å²) in [5.74, 6) is 0.709. The van der Waals surface area contributed by atoms with Gasteiger partial charge in [-0.2, -0.15) is 4.98 Å². The Kier molecular flexibility index (Phi) is 4.82. The van der Waals surface area contributed by atoms with Crippen molar-refractivity contribution < 1.29 is 4.79 Å². The number of amides is 1. The highest BCUT2D eigenvalue weighted by Crippen LogP contribution is 2.24. The number of carbonyl (C=O) groups is 1. The van der Waals surface area contributed by atoms with Gasteiger partial charge < -0.3 is 5.32 Å². The van der Waals surface area contributed by atoms with Crippen molar-refractivity contribution in [3.05, 3.63) is 62.0 Å². The average molecular weight is 480 g/mol. The molecule has 0 fully saturated rings. The summed E-state index contributed by atoms with van der Waals surface area (Å²) in [7, 11) is 0. The molecule has 8 heteroatoms. The first-order chi connectivity index (χ1) is 12.2. The highest BCUT2D eigenvalue weighted by Gasteiger charge is 2.13. The zero-order valence-corrected chi connectivity index (χ0v) is 16.8. The van der Waals surface area contributed by atoms with Gasteiger partial charge in [-0.25, -0.2) is 4.52 Å². The maximum absolute atomic E-state index is 12.3. The smallest absolute Gasteiger partial charge is 0.252 e. The molecule has 0 bridgehead atoms. The molecule has 0 radical (unpaired) electrons. The summed E-state index contributed by atoms with van der Waals surface area (Å²) < 4.78 is 2.82. The quantitative estimate of drug-likeness (QED) is 0.438. The van der Waals surface area contributed by atoms with E-state index in [9.17, 15) is 4.79 Å². The number of rotatable bonds is 5. The highest BCUT2D eigenvalue weighted by molar-refractivity contribution is 14.1. The van der Waals surface area contributed by atoms with Gasteiger partial charge in [0, 0.05) is 21.9 Å². The molecule has 0 saturated carbocycles. The Labute approximate surface area is 165 Å². The maximum Gasteiger partial charge on any atom is 0.252 e. The van der Waals surface area contributed by atoms with Crippen LogP contribution in [-0.2, 0) is 6.42 Å². The first-order valence-corrected chi connectivity index (χ1v) is 10.5. The molecular formula is C17H13IN4OS2.